The van der Waals surface area contributed by atoms with Gasteiger partial charge in [-0.15, -0.1) is 0 Å². The van der Waals surface area contributed by atoms with Crippen LogP contribution in [0, 0.1) is 4.77 Å². The Kier molecular flexibility index (Phi) is 5.12. The number of nitrogens with one attached hydrogen (secondary N) is 1. The first-order valence-corrected chi connectivity index (χ1v) is 13.2. The standard InChI is InChI=1S/C24H20ClN5O3S2/c1-29(2)35(31,32)17-12-16-18(13-5-7-14(25)8-6-13)19-22-27-10-11-30(22)24(34)28-23(19)33-21(16)20-15(17)4-3-9-26-20/h3-9,12,18,27H,10-11H2,1-2H3. The number of hydrogen-bond acceptors (Lipinski definition) is 7. The Morgan fingerprint density at radius 3 is 2.74 bits per heavy atom. The van der Waals surface area contributed by atoms with E-state index in [1.165, 1.54) is 18.4 Å². The monoisotopic (exact) mass is 525 g/mol. The van der Waals surface area contributed by atoms with Crippen LogP contribution in [0.15, 0.2) is 53.6 Å². The molecular formula is C24H20ClN5O3S2. The van der Waals surface area contributed by atoms with Crippen LogP contribution in [-0.4, -0.2) is 47.9 Å². The van der Waals surface area contributed by atoms with Gasteiger partial charge >= 0.3 is 0 Å². The smallest absolute Gasteiger partial charge is 0.243 e. The third-order valence-corrected chi connectivity index (χ3v) is 8.83. The molecule has 0 saturated heterocycles. The van der Waals surface area contributed by atoms with Crippen LogP contribution in [0.1, 0.15) is 22.6 Å². The molecule has 0 radical (unpaired) electrons. The predicted molar refractivity (Wildman–Crippen MR) is 137 cm³/mol. The molecule has 2 aliphatic rings. The molecule has 6 rings (SSSR count). The summed E-state index contributed by atoms with van der Waals surface area (Å²) in [6.07, 6.45) is 1.62. The van der Waals surface area contributed by atoms with Crippen LogP contribution in [0.2, 0.25) is 5.02 Å². The largest absolute Gasteiger partial charge is 0.436 e. The molecule has 4 heterocycles. The molecule has 11 heteroatoms. The van der Waals surface area contributed by atoms with Crippen molar-refractivity contribution in [1.82, 2.24) is 18.8 Å². The highest BCUT2D eigenvalue weighted by molar-refractivity contribution is 7.89. The Balaban J connectivity index is 1.74. The van der Waals surface area contributed by atoms with Gasteiger partial charge < -0.3 is 14.6 Å². The van der Waals surface area contributed by atoms with Gasteiger partial charge in [-0.25, -0.2) is 12.7 Å². The van der Waals surface area contributed by atoms with Gasteiger partial charge in [-0.2, -0.15) is 4.98 Å². The number of fused-ring (bicyclic) bond motifs is 6. The number of nitrogens with zero attached hydrogens (tertiary/aromatic N) is 4. The van der Waals surface area contributed by atoms with Crippen LogP contribution in [0.5, 0.6) is 11.6 Å². The Morgan fingerprint density at radius 1 is 1.23 bits per heavy atom. The second-order valence-corrected chi connectivity index (χ2v) is 11.5. The Labute approximate surface area is 212 Å². The number of aromatic nitrogens is 3. The first kappa shape index (κ1) is 22.4. The summed E-state index contributed by atoms with van der Waals surface area (Å²) < 4.78 is 36.7. The minimum Gasteiger partial charge on any atom is -0.436 e. The molecule has 2 aliphatic heterocycles. The van der Waals surface area contributed by atoms with E-state index in [4.69, 9.17) is 28.6 Å². The summed E-state index contributed by atoms with van der Waals surface area (Å²) in [5.74, 6) is 1.29. The van der Waals surface area contributed by atoms with Crippen molar-refractivity contribution in [1.29, 1.82) is 0 Å². The molecule has 2 aromatic carbocycles. The van der Waals surface area contributed by atoms with Gasteiger partial charge in [0.25, 0.3) is 0 Å². The third kappa shape index (κ3) is 3.35. The van der Waals surface area contributed by atoms with Crippen molar-refractivity contribution in [2.75, 3.05) is 26.0 Å². The average Bonchev–Trinajstić information content (AvgIpc) is 3.34. The van der Waals surface area contributed by atoms with Gasteiger partial charge in [-0.1, -0.05) is 23.7 Å². The molecule has 35 heavy (non-hydrogen) atoms. The lowest BCUT2D eigenvalue weighted by Crippen LogP contribution is -2.24. The molecule has 0 spiro atoms. The highest BCUT2D eigenvalue weighted by Crippen LogP contribution is 2.52. The van der Waals surface area contributed by atoms with Gasteiger partial charge in [-0.05, 0) is 48.1 Å². The van der Waals surface area contributed by atoms with Gasteiger partial charge in [0.05, 0.1) is 10.5 Å². The average molecular weight is 526 g/mol. The number of anilines is 1. The maximum absolute atomic E-state index is 13.4. The molecule has 178 valence electrons. The zero-order chi connectivity index (χ0) is 24.5. The van der Waals surface area contributed by atoms with Gasteiger partial charge in [0, 0.05) is 55.3 Å². The zero-order valence-corrected chi connectivity index (χ0v) is 21.2. The van der Waals surface area contributed by atoms with E-state index in [2.05, 4.69) is 15.3 Å². The number of hydrogen-bond donors (Lipinski definition) is 1. The highest BCUT2D eigenvalue weighted by Gasteiger charge is 2.38. The van der Waals surface area contributed by atoms with Crippen LogP contribution in [-0.2, 0) is 16.6 Å². The molecule has 8 nitrogen and oxygen atoms in total. The van der Waals surface area contributed by atoms with E-state index < -0.39 is 10.0 Å². The maximum Gasteiger partial charge on any atom is 0.243 e. The number of benzene rings is 2. The van der Waals surface area contributed by atoms with E-state index in [-0.39, 0.29) is 10.8 Å². The minimum atomic E-state index is -3.78. The van der Waals surface area contributed by atoms with Crippen LogP contribution >= 0.6 is 23.8 Å². The first-order chi connectivity index (χ1) is 16.8. The molecular weight excluding hydrogens is 506 g/mol. The second kappa shape index (κ2) is 7.99. The van der Waals surface area contributed by atoms with Crippen molar-refractivity contribution in [2.45, 2.75) is 17.4 Å². The van der Waals surface area contributed by atoms with E-state index in [1.54, 1.807) is 24.4 Å². The molecule has 0 amide bonds. The van der Waals surface area contributed by atoms with E-state index in [1.807, 2.05) is 28.8 Å². The fourth-order valence-corrected chi connectivity index (χ4v) is 6.27. The van der Waals surface area contributed by atoms with E-state index in [0.29, 0.717) is 51.0 Å². The van der Waals surface area contributed by atoms with E-state index >= 15 is 0 Å². The first-order valence-electron chi connectivity index (χ1n) is 10.9. The van der Waals surface area contributed by atoms with E-state index in [0.717, 1.165) is 16.9 Å². The summed E-state index contributed by atoms with van der Waals surface area (Å²) in [5.41, 5.74) is 2.85. The molecule has 4 aromatic rings. The summed E-state index contributed by atoms with van der Waals surface area (Å²) in [5, 5.41) is 4.50. The molecule has 1 atom stereocenters. The van der Waals surface area contributed by atoms with Crippen LogP contribution in [0.25, 0.3) is 10.9 Å². The van der Waals surface area contributed by atoms with Gasteiger partial charge in [0.1, 0.15) is 11.3 Å². The Morgan fingerprint density at radius 2 is 2.00 bits per heavy atom. The highest BCUT2D eigenvalue weighted by atomic mass is 35.5. The van der Waals surface area contributed by atoms with Crippen molar-refractivity contribution >= 4 is 50.6 Å². The predicted octanol–water partition coefficient (Wildman–Crippen LogP) is 4.78. The number of halogens is 1. The molecule has 2 aromatic heterocycles. The fraction of sp³-hybridized carbons (Fsp3) is 0.208. The lowest BCUT2D eigenvalue weighted by molar-refractivity contribution is 0.432. The number of pyridine rings is 1. The molecule has 0 aliphatic carbocycles. The van der Waals surface area contributed by atoms with Crippen LogP contribution in [0.4, 0.5) is 5.82 Å². The minimum absolute atomic E-state index is 0.167. The van der Waals surface area contributed by atoms with Gasteiger partial charge in [0.2, 0.25) is 20.7 Å². The number of rotatable bonds is 3. The van der Waals surface area contributed by atoms with Gasteiger partial charge in [-0.3, -0.25) is 4.98 Å². The summed E-state index contributed by atoms with van der Waals surface area (Å²) in [6, 6.07) is 12.6. The molecule has 0 saturated carbocycles. The third-order valence-electron chi connectivity index (χ3n) is 6.41. The summed E-state index contributed by atoms with van der Waals surface area (Å²) in [6.45, 7) is 1.40. The SMILES string of the molecule is CN(C)S(=O)(=O)c1cc2c(c3ncccc13)Oc1nc(=S)n3c(c1C2c1ccc(Cl)cc1)NCC3. The van der Waals surface area contributed by atoms with Crippen LogP contribution in [0.3, 0.4) is 0 Å². The lowest BCUT2D eigenvalue weighted by Gasteiger charge is -2.31. The maximum atomic E-state index is 13.4. The summed E-state index contributed by atoms with van der Waals surface area (Å²) in [4.78, 5) is 9.32. The van der Waals surface area contributed by atoms with Gasteiger partial charge in [0.15, 0.2) is 5.75 Å². The molecule has 1 unspecified atom stereocenters. The summed E-state index contributed by atoms with van der Waals surface area (Å²) >= 11 is 11.7. The normalized spacial score (nSPS) is 16.4. The quantitative estimate of drug-likeness (QED) is 0.339. The number of ether oxygens (including phenoxy) is 1. The van der Waals surface area contributed by atoms with Crippen molar-refractivity contribution in [3.63, 3.8) is 0 Å². The second-order valence-electron chi connectivity index (χ2n) is 8.61. The Hall–Kier alpha value is -3.05. The van der Waals surface area contributed by atoms with Crippen molar-refractivity contribution in [3.8, 4) is 11.6 Å². The topological polar surface area (TPSA) is 89.3 Å². The van der Waals surface area contributed by atoms with Crippen molar-refractivity contribution < 1.29 is 13.2 Å². The van der Waals surface area contributed by atoms with E-state index in [9.17, 15) is 8.42 Å². The fourth-order valence-electron chi connectivity index (χ4n) is 4.76. The summed E-state index contributed by atoms with van der Waals surface area (Å²) in [7, 11) is -0.750. The number of sulfonamides is 1. The van der Waals surface area contributed by atoms with Crippen molar-refractivity contribution in [2.24, 2.45) is 0 Å². The Bertz CT molecular complexity index is 1680. The van der Waals surface area contributed by atoms with Crippen molar-refractivity contribution in [3.05, 3.63) is 75.1 Å². The zero-order valence-electron chi connectivity index (χ0n) is 18.8. The molecule has 1 N–H and O–H groups in total. The molecule has 0 fully saturated rings. The molecule has 0 bridgehead atoms. The lowest BCUT2D eigenvalue weighted by atomic mass is 9.83. The van der Waals surface area contributed by atoms with Crippen LogP contribution < -0.4 is 10.1 Å².